The number of hydrazine groups is 1. The molecule has 2 amide bonds. The zero-order valence-electron chi connectivity index (χ0n) is 18.8. The molecule has 0 aromatic heterocycles. The number of piperazine rings is 1. The van der Waals surface area contributed by atoms with Crippen LogP contribution in [0, 0.1) is 0 Å². The third-order valence-electron chi connectivity index (χ3n) is 5.84. The Morgan fingerprint density at radius 1 is 1.09 bits per heavy atom. The number of thioether (sulfide) groups is 1. The maximum Gasteiger partial charge on any atom is 0.266 e. The van der Waals surface area contributed by atoms with E-state index in [4.69, 9.17) is 47.0 Å². The maximum atomic E-state index is 13.5. The number of halogens is 3. The highest BCUT2D eigenvalue weighted by molar-refractivity contribution is 8.26. The average molecular weight is 570 g/mol. The van der Waals surface area contributed by atoms with Crippen LogP contribution in [0.25, 0.3) is 6.08 Å². The summed E-state index contributed by atoms with van der Waals surface area (Å²) >= 11 is 25.5. The Labute approximate surface area is 229 Å². The Balaban J connectivity index is 1.62. The van der Waals surface area contributed by atoms with E-state index in [0.717, 1.165) is 30.4 Å². The SMILES string of the molecule is CN1CCN(NC(=O)C(Cc2ccccc2)N2C(=O)/C(=C/c3c(Cl)ccc(Cl)c3Cl)SC2=S)CC1. The third-order valence-corrected chi connectivity index (χ3v) is 8.32. The molecule has 2 aliphatic heterocycles. The lowest BCUT2D eigenvalue weighted by Crippen LogP contribution is -2.58. The topological polar surface area (TPSA) is 55.9 Å². The van der Waals surface area contributed by atoms with E-state index >= 15 is 0 Å². The van der Waals surface area contributed by atoms with Gasteiger partial charge >= 0.3 is 0 Å². The fourth-order valence-electron chi connectivity index (χ4n) is 3.84. The highest BCUT2D eigenvalue weighted by Gasteiger charge is 2.41. The summed E-state index contributed by atoms with van der Waals surface area (Å²) in [6, 6.07) is 11.9. The van der Waals surface area contributed by atoms with Crippen LogP contribution in [0.3, 0.4) is 0 Å². The minimum Gasteiger partial charge on any atom is -0.304 e. The summed E-state index contributed by atoms with van der Waals surface area (Å²) in [5, 5.41) is 2.82. The maximum absolute atomic E-state index is 13.5. The summed E-state index contributed by atoms with van der Waals surface area (Å²) in [5.41, 5.74) is 4.35. The molecule has 0 radical (unpaired) electrons. The van der Waals surface area contributed by atoms with E-state index in [2.05, 4.69) is 10.3 Å². The van der Waals surface area contributed by atoms with Gasteiger partial charge in [-0.1, -0.05) is 89.1 Å². The predicted molar refractivity (Wildman–Crippen MR) is 148 cm³/mol. The number of rotatable bonds is 6. The van der Waals surface area contributed by atoms with E-state index < -0.39 is 6.04 Å². The molecule has 6 nitrogen and oxygen atoms in total. The number of likely N-dealkylation sites (N-methyl/N-ethyl adjacent to an activating group) is 1. The third kappa shape index (κ3) is 6.20. The van der Waals surface area contributed by atoms with Gasteiger partial charge in [-0.05, 0) is 30.8 Å². The van der Waals surface area contributed by atoms with Crippen LogP contribution >= 0.6 is 58.8 Å². The summed E-state index contributed by atoms with van der Waals surface area (Å²) in [7, 11) is 2.04. The molecule has 184 valence electrons. The minimum atomic E-state index is -0.819. The van der Waals surface area contributed by atoms with Crippen LogP contribution in [-0.4, -0.2) is 70.2 Å². The molecule has 0 aliphatic carbocycles. The lowest BCUT2D eigenvalue weighted by Gasteiger charge is -2.34. The van der Waals surface area contributed by atoms with Crippen LogP contribution < -0.4 is 5.43 Å². The van der Waals surface area contributed by atoms with Crippen molar-refractivity contribution in [2.75, 3.05) is 33.2 Å². The average Bonchev–Trinajstić information content (AvgIpc) is 3.12. The second-order valence-corrected chi connectivity index (χ2v) is 11.1. The largest absolute Gasteiger partial charge is 0.304 e. The molecule has 2 saturated heterocycles. The summed E-state index contributed by atoms with van der Waals surface area (Å²) in [6.07, 6.45) is 1.90. The number of amides is 2. The second-order valence-electron chi connectivity index (χ2n) is 8.28. The van der Waals surface area contributed by atoms with Crippen LogP contribution in [0.5, 0.6) is 0 Å². The van der Waals surface area contributed by atoms with Crippen LogP contribution in [-0.2, 0) is 16.0 Å². The Morgan fingerprint density at radius 2 is 1.74 bits per heavy atom. The molecule has 35 heavy (non-hydrogen) atoms. The summed E-state index contributed by atoms with van der Waals surface area (Å²) < 4.78 is 0.296. The highest BCUT2D eigenvalue weighted by atomic mass is 35.5. The number of hydrogen-bond acceptors (Lipinski definition) is 6. The molecular formula is C24H23Cl3N4O2S2. The Morgan fingerprint density at radius 3 is 2.43 bits per heavy atom. The molecule has 2 aromatic carbocycles. The predicted octanol–water partition coefficient (Wildman–Crippen LogP) is 4.74. The van der Waals surface area contributed by atoms with Crippen molar-refractivity contribution in [1.82, 2.24) is 20.2 Å². The van der Waals surface area contributed by atoms with Crippen molar-refractivity contribution < 1.29 is 9.59 Å². The Hall–Kier alpha value is -1.65. The van der Waals surface area contributed by atoms with Gasteiger partial charge in [0.25, 0.3) is 11.8 Å². The van der Waals surface area contributed by atoms with Gasteiger partial charge in [0, 0.05) is 43.2 Å². The van der Waals surface area contributed by atoms with Crippen molar-refractivity contribution in [1.29, 1.82) is 0 Å². The van der Waals surface area contributed by atoms with Crippen molar-refractivity contribution in [2.45, 2.75) is 12.5 Å². The highest BCUT2D eigenvalue weighted by Crippen LogP contribution is 2.39. The molecule has 0 bridgehead atoms. The van der Waals surface area contributed by atoms with Crippen molar-refractivity contribution in [3.8, 4) is 0 Å². The Kier molecular flexibility index (Phi) is 8.76. The normalized spacial score (nSPS) is 19.4. The molecule has 1 unspecified atom stereocenters. The first-order chi connectivity index (χ1) is 16.7. The fraction of sp³-hybridized carbons (Fsp3) is 0.292. The van der Waals surface area contributed by atoms with E-state index in [1.54, 1.807) is 18.2 Å². The van der Waals surface area contributed by atoms with Gasteiger partial charge in [-0.3, -0.25) is 19.9 Å². The zero-order chi connectivity index (χ0) is 25.1. The molecule has 0 spiro atoms. The van der Waals surface area contributed by atoms with Crippen molar-refractivity contribution in [2.24, 2.45) is 0 Å². The van der Waals surface area contributed by atoms with E-state index in [9.17, 15) is 9.59 Å². The first-order valence-electron chi connectivity index (χ1n) is 10.9. The van der Waals surface area contributed by atoms with E-state index in [1.165, 1.54) is 4.90 Å². The molecule has 1 atom stereocenters. The molecule has 11 heteroatoms. The lowest BCUT2D eigenvalue weighted by molar-refractivity contribution is -0.136. The molecule has 0 saturated carbocycles. The first kappa shape index (κ1) is 26.4. The Bertz CT molecular complexity index is 1170. The molecule has 2 aromatic rings. The van der Waals surface area contributed by atoms with E-state index in [-0.39, 0.29) is 16.8 Å². The lowest BCUT2D eigenvalue weighted by atomic mass is 10.0. The monoisotopic (exact) mass is 568 g/mol. The first-order valence-corrected chi connectivity index (χ1v) is 13.3. The molecule has 2 heterocycles. The van der Waals surface area contributed by atoms with E-state index in [0.29, 0.717) is 44.3 Å². The smallest absolute Gasteiger partial charge is 0.266 e. The zero-order valence-corrected chi connectivity index (χ0v) is 22.7. The summed E-state index contributed by atoms with van der Waals surface area (Å²) in [4.78, 5) is 30.9. The van der Waals surface area contributed by atoms with E-state index in [1.807, 2.05) is 42.4 Å². The van der Waals surface area contributed by atoms with Gasteiger partial charge in [-0.15, -0.1) is 0 Å². The van der Waals surface area contributed by atoms with Crippen molar-refractivity contribution >= 4 is 81.0 Å². The van der Waals surface area contributed by atoms with Crippen molar-refractivity contribution in [3.05, 3.63) is 73.6 Å². The van der Waals surface area contributed by atoms with Gasteiger partial charge in [-0.25, -0.2) is 5.01 Å². The van der Waals surface area contributed by atoms with Gasteiger partial charge in [0.15, 0.2) is 0 Å². The van der Waals surface area contributed by atoms with Crippen LogP contribution in [0.4, 0.5) is 0 Å². The van der Waals surface area contributed by atoms with Crippen LogP contribution in [0.15, 0.2) is 47.4 Å². The fourth-order valence-corrected chi connectivity index (χ4v) is 5.82. The number of hydrogen-bond donors (Lipinski definition) is 1. The van der Waals surface area contributed by atoms with Crippen molar-refractivity contribution in [3.63, 3.8) is 0 Å². The van der Waals surface area contributed by atoms with Gasteiger partial charge in [0.2, 0.25) is 0 Å². The molecule has 1 N–H and O–H groups in total. The second kappa shape index (κ2) is 11.6. The molecule has 2 fully saturated rings. The summed E-state index contributed by atoms with van der Waals surface area (Å²) in [6.45, 7) is 3.08. The van der Waals surface area contributed by atoms with Crippen LogP contribution in [0.1, 0.15) is 11.1 Å². The number of carbonyl (C=O) groups excluding carboxylic acids is 2. The summed E-state index contributed by atoms with van der Waals surface area (Å²) in [5.74, 6) is -0.656. The number of benzene rings is 2. The number of thiocarbonyl (C=S) groups is 1. The minimum absolute atomic E-state index is 0.248. The van der Waals surface area contributed by atoms with Gasteiger partial charge in [-0.2, -0.15) is 0 Å². The molecule has 2 aliphatic rings. The molecule has 4 rings (SSSR count). The number of nitrogens with one attached hydrogen (secondary N) is 1. The van der Waals surface area contributed by atoms with Crippen LogP contribution in [0.2, 0.25) is 15.1 Å². The van der Waals surface area contributed by atoms with Gasteiger partial charge < -0.3 is 4.90 Å². The van der Waals surface area contributed by atoms with Gasteiger partial charge in [0.05, 0.1) is 15.0 Å². The molecular weight excluding hydrogens is 547 g/mol. The quantitative estimate of drug-likeness (QED) is 0.308. The number of carbonyl (C=O) groups is 2. The number of nitrogens with zero attached hydrogens (tertiary/aromatic N) is 3. The van der Waals surface area contributed by atoms with Gasteiger partial charge in [0.1, 0.15) is 10.4 Å². The standard InChI is InChI=1S/C24H23Cl3N4O2S2/c1-29-9-11-30(12-10-29)28-22(32)19(13-15-5-3-2-4-6-15)31-23(33)20(35-24(31)34)14-16-17(25)7-8-18(26)21(16)27/h2-8,14,19H,9-13H2,1H3,(H,28,32)/b20-14-.